The van der Waals surface area contributed by atoms with Crippen LogP contribution in [0.1, 0.15) is 31.2 Å². The first-order valence-corrected chi connectivity index (χ1v) is 8.90. The molecule has 2 nitrogen and oxygen atoms in total. The van der Waals surface area contributed by atoms with E-state index in [1.54, 1.807) is 0 Å². The minimum absolute atomic E-state index is 0.581. The quantitative estimate of drug-likeness (QED) is 0.701. The van der Waals surface area contributed by atoms with E-state index >= 15 is 0 Å². The Bertz CT molecular complexity index is 382. The smallest absolute Gasteiger partial charge is 0.0223 e. The van der Waals surface area contributed by atoms with Crippen molar-refractivity contribution in [2.45, 2.75) is 31.7 Å². The van der Waals surface area contributed by atoms with Crippen molar-refractivity contribution < 1.29 is 0 Å². The molecular weight excluding hydrogens is 312 g/mol. The van der Waals surface area contributed by atoms with Gasteiger partial charge in [0.2, 0.25) is 0 Å². The molecule has 0 saturated carbocycles. The summed E-state index contributed by atoms with van der Waals surface area (Å²) in [7, 11) is 2.27. The summed E-state index contributed by atoms with van der Waals surface area (Å²) in [4.78, 5) is 5.14. The van der Waals surface area contributed by atoms with E-state index in [4.69, 9.17) is 0 Å². The predicted molar refractivity (Wildman–Crippen MR) is 90.7 cm³/mol. The van der Waals surface area contributed by atoms with Crippen molar-refractivity contribution in [3.8, 4) is 0 Å². The van der Waals surface area contributed by atoms with Crippen molar-refractivity contribution in [3.63, 3.8) is 0 Å². The molecule has 0 N–H and O–H groups in total. The van der Waals surface area contributed by atoms with Gasteiger partial charge in [-0.1, -0.05) is 53.2 Å². The molecule has 0 bridgehead atoms. The van der Waals surface area contributed by atoms with Crippen LogP contribution in [-0.4, -0.2) is 54.4 Å². The van der Waals surface area contributed by atoms with Gasteiger partial charge in [-0.2, -0.15) is 0 Å². The maximum atomic E-state index is 3.68. The maximum absolute atomic E-state index is 3.68. The summed E-state index contributed by atoms with van der Waals surface area (Å²) in [6.45, 7) is 7.09. The number of likely N-dealkylation sites (tertiary alicyclic amines) is 1. The second kappa shape index (κ2) is 8.16. The van der Waals surface area contributed by atoms with E-state index in [-0.39, 0.29) is 0 Å². The summed E-state index contributed by atoms with van der Waals surface area (Å²) in [5, 5.41) is 1.03. The van der Waals surface area contributed by atoms with E-state index < -0.39 is 0 Å². The van der Waals surface area contributed by atoms with Gasteiger partial charge in [-0.25, -0.2) is 0 Å². The van der Waals surface area contributed by atoms with E-state index in [0.717, 1.165) is 17.9 Å². The van der Waals surface area contributed by atoms with Gasteiger partial charge in [0.15, 0.2) is 0 Å². The Labute approximate surface area is 132 Å². The van der Waals surface area contributed by atoms with Crippen molar-refractivity contribution in [2.24, 2.45) is 0 Å². The van der Waals surface area contributed by atoms with Crippen molar-refractivity contribution >= 4 is 15.9 Å². The summed E-state index contributed by atoms with van der Waals surface area (Å²) >= 11 is 3.68. The first-order chi connectivity index (χ1) is 9.74. The molecule has 1 aromatic rings. The van der Waals surface area contributed by atoms with Crippen LogP contribution < -0.4 is 0 Å². The molecule has 2 unspecified atom stereocenters. The zero-order chi connectivity index (χ0) is 14.4. The Morgan fingerprint density at radius 2 is 2.10 bits per heavy atom. The third-order valence-electron chi connectivity index (χ3n) is 4.42. The average molecular weight is 339 g/mol. The highest BCUT2D eigenvalue weighted by atomic mass is 79.9. The first kappa shape index (κ1) is 16.0. The van der Waals surface area contributed by atoms with Gasteiger partial charge in [0.1, 0.15) is 0 Å². The third kappa shape index (κ3) is 4.31. The lowest BCUT2D eigenvalue weighted by Crippen LogP contribution is -2.40. The van der Waals surface area contributed by atoms with Crippen molar-refractivity contribution in [1.29, 1.82) is 0 Å². The van der Waals surface area contributed by atoms with Gasteiger partial charge >= 0.3 is 0 Å². The molecule has 1 fully saturated rings. The van der Waals surface area contributed by atoms with E-state index in [1.807, 2.05) is 0 Å². The monoisotopic (exact) mass is 338 g/mol. The molecule has 2 atom stereocenters. The number of alkyl halides is 1. The fraction of sp³-hybridized carbons (Fsp3) is 0.647. The lowest BCUT2D eigenvalue weighted by atomic mass is 10.0. The number of likely N-dealkylation sites (N-methyl/N-ethyl adjacent to an activating group) is 2. The first-order valence-electron chi connectivity index (χ1n) is 7.78. The Kier molecular flexibility index (Phi) is 6.53. The van der Waals surface area contributed by atoms with Crippen LogP contribution >= 0.6 is 15.9 Å². The molecule has 0 aromatic heterocycles. The molecule has 1 aliphatic rings. The van der Waals surface area contributed by atoms with Crippen molar-refractivity contribution in [2.75, 3.05) is 38.6 Å². The second-order valence-corrected chi connectivity index (χ2v) is 6.56. The number of benzene rings is 1. The zero-order valence-electron chi connectivity index (χ0n) is 12.8. The van der Waals surface area contributed by atoms with Crippen molar-refractivity contribution in [3.05, 3.63) is 35.9 Å². The maximum Gasteiger partial charge on any atom is 0.0223 e. The Balaban J connectivity index is 1.88. The summed E-state index contributed by atoms with van der Waals surface area (Å²) in [6, 6.07) is 11.6. The minimum atomic E-state index is 0.581. The van der Waals surface area contributed by atoms with Crippen molar-refractivity contribution in [1.82, 2.24) is 9.80 Å². The fourth-order valence-electron chi connectivity index (χ4n) is 3.30. The summed E-state index contributed by atoms with van der Waals surface area (Å²) < 4.78 is 0. The van der Waals surface area contributed by atoms with Crippen LogP contribution in [0.3, 0.4) is 0 Å². The van der Waals surface area contributed by atoms with Crippen LogP contribution in [0.4, 0.5) is 0 Å². The Morgan fingerprint density at radius 1 is 1.35 bits per heavy atom. The molecule has 1 aliphatic heterocycles. The van der Waals surface area contributed by atoms with Crippen LogP contribution in [-0.2, 0) is 0 Å². The average Bonchev–Trinajstić information content (AvgIpc) is 2.92. The van der Waals surface area contributed by atoms with E-state index in [2.05, 4.69) is 70.0 Å². The molecule has 112 valence electrons. The van der Waals surface area contributed by atoms with Gasteiger partial charge in [0.05, 0.1) is 0 Å². The predicted octanol–water partition coefficient (Wildman–Crippen LogP) is 3.58. The fourth-order valence-corrected chi connectivity index (χ4v) is 3.88. The van der Waals surface area contributed by atoms with Crippen LogP contribution in [0.15, 0.2) is 30.3 Å². The van der Waals surface area contributed by atoms with Gasteiger partial charge in [-0.05, 0) is 38.5 Å². The molecule has 3 heteroatoms. The number of halogens is 1. The van der Waals surface area contributed by atoms with Gasteiger partial charge in [-0.15, -0.1) is 0 Å². The van der Waals surface area contributed by atoms with E-state index in [0.29, 0.717) is 5.92 Å². The highest BCUT2D eigenvalue weighted by Gasteiger charge is 2.24. The lowest BCUT2D eigenvalue weighted by molar-refractivity contribution is 0.195. The molecule has 1 heterocycles. The molecule has 2 rings (SSSR count). The van der Waals surface area contributed by atoms with E-state index in [1.165, 1.54) is 38.0 Å². The summed E-state index contributed by atoms with van der Waals surface area (Å²) in [5.74, 6) is 0.581. The summed E-state index contributed by atoms with van der Waals surface area (Å²) in [5.41, 5.74) is 1.44. The highest BCUT2D eigenvalue weighted by Crippen LogP contribution is 2.21. The second-order valence-electron chi connectivity index (χ2n) is 5.91. The van der Waals surface area contributed by atoms with Crippen LogP contribution in [0.2, 0.25) is 0 Å². The zero-order valence-corrected chi connectivity index (χ0v) is 14.3. The van der Waals surface area contributed by atoms with E-state index in [9.17, 15) is 0 Å². The third-order valence-corrected chi connectivity index (χ3v) is 5.20. The highest BCUT2D eigenvalue weighted by molar-refractivity contribution is 9.09. The number of nitrogens with zero attached hydrogens (tertiary/aromatic N) is 2. The van der Waals surface area contributed by atoms with Gasteiger partial charge in [0.25, 0.3) is 0 Å². The Morgan fingerprint density at radius 3 is 2.75 bits per heavy atom. The number of hydrogen-bond donors (Lipinski definition) is 0. The largest absolute Gasteiger partial charge is 0.304 e. The molecule has 0 amide bonds. The molecular formula is C17H27BrN2. The number of rotatable bonds is 7. The molecule has 0 aliphatic carbocycles. The molecule has 20 heavy (non-hydrogen) atoms. The van der Waals surface area contributed by atoms with Gasteiger partial charge < -0.3 is 4.90 Å². The molecule has 1 saturated heterocycles. The lowest BCUT2D eigenvalue weighted by Gasteiger charge is -2.29. The standard InChI is InChI=1S/C17H27BrN2/c1-3-20-11-7-10-17(20)14-19(2)13-16(12-18)15-8-5-4-6-9-15/h4-6,8-9,16-17H,3,7,10-14H2,1-2H3. The Hall–Kier alpha value is -0.380. The molecule has 1 aromatic carbocycles. The summed E-state index contributed by atoms with van der Waals surface area (Å²) in [6.07, 6.45) is 2.73. The SMILES string of the molecule is CCN1CCCC1CN(C)CC(CBr)c1ccccc1. The van der Waals surface area contributed by atoms with Crippen LogP contribution in [0.25, 0.3) is 0 Å². The van der Waals surface area contributed by atoms with Gasteiger partial charge in [-0.3, -0.25) is 4.90 Å². The normalized spacial score (nSPS) is 21.5. The van der Waals surface area contributed by atoms with Gasteiger partial charge in [0, 0.05) is 30.4 Å². The molecule has 0 radical (unpaired) electrons. The number of hydrogen-bond acceptors (Lipinski definition) is 2. The van der Waals surface area contributed by atoms with Crippen LogP contribution in [0.5, 0.6) is 0 Å². The van der Waals surface area contributed by atoms with Crippen LogP contribution in [0, 0.1) is 0 Å². The molecule has 0 spiro atoms. The minimum Gasteiger partial charge on any atom is -0.304 e. The topological polar surface area (TPSA) is 6.48 Å².